The Bertz CT molecular complexity index is 567. The number of hydrogen-bond acceptors (Lipinski definition) is 3. The smallest absolute Gasteiger partial charge is 0.274 e. The molecule has 1 fully saturated rings. The van der Waals surface area contributed by atoms with Crippen LogP contribution in [0.3, 0.4) is 0 Å². The summed E-state index contributed by atoms with van der Waals surface area (Å²) in [7, 11) is 0. The second kappa shape index (κ2) is 4.29. The Balaban J connectivity index is 1.77. The lowest BCUT2D eigenvalue weighted by molar-refractivity contribution is 0.101. The van der Waals surface area contributed by atoms with E-state index in [1.807, 2.05) is 22.9 Å². The molecule has 2 aromatic rings. The van der Waals surface area contributed by atoms with Gasteiger partial charge < -0.3 is 4.57 Å². The number of aromatic nitrogens is 4. The summed E-state index contributed by atoms with van der Waals surface area (Å²) in [6.07, 6.45) is 5.50. The minimum Gasteiger partial charge on any atom is -0.340 e. The SMILES string of the molecule is Cc1nc(NC(=O)c2cccn2C2CCC2)n[nH]1. The van der Waals surface area contributed by atoms with Gasteiger partial charge in [-0.25, -0.2) is 0 Å². The molecule has 6 heteroatoms. The molecule has 6 nitrogen and oxygen atoms in total. The third-order valence-corrected chi connectivity index (χ3v) is 3.30. The molecule has 0 bridgehead atoms. The molecule has 2 aromatic heterocycles. The Morgan fingerprint density at radius 2 is 2.39 bits per heavy atom. The molecule has 2 N–H and O–H groups in total. The van der Waals surface area contributed by atoms with Crippen molar-refractivity contribution in [1.29, 1.82) is 0 Å². The average Bonchev–Trinajstić information content (AvgIpc) is 2.85. The molecule has 1 aliphatic carbocycles. The van der Waals surface area contributed by atoms with E-state index in [0.29, 0.717) is 23.5 Å². The maximum absolute atomic E-state index is 12.1. The van der Waals surface area contributed by atoms with Crippen molar-refractivity contribution in [3.63, 3.8) is 0 Å². The van der Waals surface area contributed by atoms with Gasteiger partial charge in [0.15, 0.2) is 0 Å². The summed E-state index contributed by atoms with van der Waals surface area (Å²) < 4.78 is 2.04. The maximum Gasteiger partial charge on any atom is 0.274 e. The minimum absolute atomic E-state index is 0.161. The van der Waals surface area contributed by atoms with Crippen LogP contribution in [0, 0.1) is 6.92 Å². The Kier molecular flexibility index (Phi) is 2.62. The lowest BCUT2D eigenvalue weighted by Crippen LogP contribution is -2.23. The number of rotatable bonds is 3. The van der Waals surface area contributed by atoms with Crippen molar-refractivity contribution in [2.75, 3.05) is 5.32 Å². The maximum atomic E-state index is 12.1. The van der Waals surface area contributed by atoms with Crippen LogP contribution in [0.1, 0.15) is 41.6 Å². The highest BCUT2D eigenvalue weighted by Gasteiger charge is 2.23. The van der Waals surface area contributed by atoms with Gasteiger partial charge >= 0.3 is 0 Å². The van der Waals surface area contributed by atoms with Crippen LogP contribution in [-0.2, 0) is 0 Å². The molecular formula is C12H15N5O. The van der Waals surface area contributed by atoms with Gasteiger partial charge in [0.05, 0.1) is 0 Å². The van der Waals surface area contributed by atoms with Crippen molar-refractivity contribution in [2.24, 2.45) is 0 Å². The fraction of sp³-hybridized carbons (Fsp3) is 0.417. The fourth-order valence-corrected chi connectivity index (χ4v) is 2.13. The summed E-state index contributed by atoms with van der Waals surface area (Å²) in [6.45, 7) is 1.79. The Morgan fingerprint density at radius 3 is 3.00 bits per heavy atom. The summed E-state index contributed by atoms with van der Waals surface area (Å²) in [5.41, 5.74) is 0.669. The van der Waals surface area contributed by atoms with Gasteiger partial charge in [0, 0.05) is 12.2 Å². The Morgan fingerprint density at radius 1 is 1.56 bits per heavy atom. The third kappa shape index (κ3) is 1.90. The number of aromatic amines is 1. The first kappa shape index (κ1) is 11.0. The summed E-state index contributed by atoms with van der Waals surface area (Å²) >= 11 is 0. The average molecular weight is 245 g/mol. The molecule has 0 atom stereocenters. The Hall–Kier alpha value is -2.11. The van der Waals surface area contributed by atoms with Crippen LogP contribution in [-0.4, -0.2) is 25.7 Å². The topological polar surface area (TPSA) is 75.6 Å². The van der Waals surface area contributed by atoms with Crippen molar-refractivity contribution < 1.29 is 4.79 Å². The first-order valence-electron chi connectivity index (χ1n) is 6.11. The molecule has 3 rings (SSSR count). The molecule has 0 saturated heterocycles. The predicted molar refractivity (Wildman–Crippen MR) is 66.4 cm³/mol. The molecule has 2 heterocycles. The van der Waals surface area contributed by atoms with Gasteiger partial charge in [-0.2, -0.15) is 4.98 Å². The van der Waals surface area contributed by atoms with Crippen LogP contribution in [0.2, 0.25) is 0 Å². The van der Waals surface area contributed by atoms with Crippen LogP contribution in [0.5, 0.6) is 0 Å². The van der Waals surface area contributed by atoms with Gasteiger partial charge in [-0.15, -0.1) is 5.10 Å². The van der Waals surface area contributed by atoms with E-state index in [-0.39, 0.29) is 5.91 Å². The van der Waals surface area contributed by atoms with Crippen molar-refractivity contribution in [3.8, 4) is 0 Å². The van der Waals surface area contributed by atoms with E-state index in [2.05, 4.69) is 20.5 Å². The lowest BCUT2D eigenvalue weighted by atomic mass is 9.93. The van der Waals surface area contributed by atoms with E-state index in [4.69, 9.17) is 0 Å². The van der Waals surface area contributed by atoms with Crippen molar-refractivity contribution in [1.82, 2.24) is 19.7 Å². The summed E-state index contributed by atoms with van der Waals surface area (Å²) in [4.78, 5) is 16.2. The highest BCUT2D eigenvalue weighted by Crippen LogP contribution is 2.32. The molecular weight excluding hydrogens is 230 g/mol. The van der Waals surface area contributed by atoms with E-state index in [9.17, 15) is 4.79 Å². The molecule has 1 saturated carbocycles. The van der Waals surface area contributed by atoms with Gasteiger partial charge in [0.1, 0.15) is 11.5 Å². The standard InChI is InChI=1S/C12H15N5O/c1-8-13-12(16-15-8)14-11(18)10-6-3-7-17(10)9-4-2-5-9/h3,6-7,9H,2,4-5H2,1H3,(H2,13,14,15,16,18). The quantitative estimate of drug-likeness (QED) is 0.867. The molecule has 94 valence electrons. The zero-order valence-corrected chi connectivity index (χ0v) is 10.2. The van der Waals surface area contributed by atoms with Crippen molar-refractivity contribution in [2.45, 2.75) is 32.2 Å². The molecule has 0 spiro atoms. The number of amides is 1. The van der Waals surface area contributed by atoms with E-state index >= 15 is 0 Å². The Labute approximate surface area is 104 Å². The number of aryl methyl sites for hydroxylation is 1. The largest absolute Gasteiger partial charge is 0.340 e. The first-order valence-corrected chi connectivity index (χ1v) is 6.11. The zero-order valence-electron chi connectivity index (χ0n) is 10.2. The highest BCUT2D eigenvalue weighted by atomic mass is 16.2. The van der Waals surface area contributed by atoms with Crippen LogP contribution < -0.4 is 5.32 Å². The second-order valence-electron chi connectivity index (χ2n) is 4.58. The number of carbonyl (C=O) groups is 1. The van der Waals surface area contributed by atoms with Gasteiger partial charge in [-0.05, 0) is 38.3 Å². The number of H-pyrrole nitrogens is 1. The number of anilines is 1. The molecule has 18 heavy (non-hydrogen) atoms. The van der Waals surface area contributed by atoms with E-state index in [0.717, 1.165) is 12.8 Å². The minimum atomic E-state index is -0.161. The van der Waals surface area contributed by atoms with Crippen molar-refractivity contribution >= 4 is 11.9 Å². The van der Waals surface area contributed by atoms with E-state index in [1.165, 1.54) is 6.42 Å². The summed E-state index contributed by atoms with van der Waals surface area (Å²) in [5, 5.41) is 9.29. The number of nitrogens with zero attached hydrogens (tertiary/aromatic N) is 3. The molecule has 0 aromatic carbocycles. The fourth-order valence-electron chi connectivity index (χ4n) is 2.13. The molecule has 0 aliphatic heterocycles. The van der Waals surface area contributed by atoms with Gasteiger partial charge in [0.2, 0.25) is 5.95 Å². The third-order valence-electron chi connectivity index (χ3n) is 3.30. The first-order chi connectivity index (χ1) is 8.74. The van der Waals surface area contributed by atoms with Crippen LogP contribution in [0.25, 0.3) is 0 Å². The van der Waals surface area contributed by atoms with Gasteiger partial charge in [0.25, 0.3) is 5.91 Å². The van der Waals surface area contributed by atoms with E-state index in [1.54, 1.807) is 6.92 Å². The normalized spacial score (nSPS) is 15.4. The van der Waals surface area contributed by atoms with Crippen LogP contribution in [0.4, 0.5) is 5.95 Å². The second-order valence-corrected chi connectivity index (χ2v) is 4.58. The zero-order chi connectivity index (χ0) is 12.5. The predicted octanol–water partition coefficient (Wildman–Crippen LogP) is 1.89. The number of hydrogen-bond donors (Lipinski definition) is 2. The summed E-state index contributed by atoms with van der Waals surface area (Å²) in [6, 6.07) is 4.19. The van der Waals surface area contributed by atoms with Crippen LogP contribution >= 0.6 is 0 Å². The van der Waals surface area contributed by atoms with Crippen LogP contribution in [0.15, 0.2) is 18.3 Å². The molecule has 1 amide bonds. The number of nitrogens with one attached hydrogen (secondary N) is 2. The van der Waals surface area contributed by atoms with Gasteiger partial charge in [-0.3, -0.25) is 15.2 Å². The molecule has 0 unspecified atom stereocenters. The lowest BCUT2D eigenvalue weighted by Gasteiger charge is -2.28. The highest BCUT2D eigenvalue weighted by molar-refractivity contribution is 6.02. The van der Waals surface area contributed by atoms with Crippen molar-refractivity contribution in [3.05, 3.63) is 29.8 Å². The van der Waals surface area contributed by atoms with E-state index < -0.39 is 0 Å². The van der Waals surface area contributed by atoms with Gasteiger partial charge in [-0.1, -0.05) is 0 Å². The molecule has 1 aliphatic rings. The summed E-state index contributed by atoms with van der Waals surface area (Å²) in [5.74, 6) is 0.837. The molecule has 0 radical (unpaired) electrons. The monoisotopic (exact) mass is 245 g/mol. The number of carbonyl (C=O) groups excluding carboxylic acids is 1.